The first kappa shape index (κ1) is 19.4. The molecule has 154 valence electrons. The van der Waals surface area contributed by atoms with Gasteiger partial charge in [0.25, 0.3) is 5.91 Å². The van der Waals surface area contributed by atoms with Crippen molar-refractivity contribution in [3.63, 3.8) is 0 Å². The van der Waals surface area contributed by atoms with Gasteiger partial charge in [-0.1, -0.05) is 18.2 Å². The number of fused-ring (bicyclic) bond motifs is 1. The number of hydrogen-bond acceptors (Lipinski definition) is 5. The molecule has 1 amide bonds. The molecule has 6 heteroatoms. The summed E-state index contributed by atoms with van der Waals surface area (Å²) in [7, 11) is 0. The van der Waals surface area contributed by atoms with Crippen LogP contribution in [-0.2, 0) is 4.79 Å². The van der Waals surface area contributed by atoms with Gasteiger partial charge in [0.15, 0.2) is 17.6 Å². The molecule has 2 aliphatic rings. The van der Waals surface area contributed by atoms with Crippen molar-refractivity contribution in [1.29, 1.82) is 0 Å². The first-order chi connectivity index (χ1) is 14.1. The number of rotatable bonds is 6. The van der Waals surface area contributed by atoms with E-state index in [2.05, 4.69) is 0 Å². The number of likely N-dealkylation sites (tertiary alicyclic amines) is 1. The highest BCUT2D eigenvalue weighted by Gasteiger charge is 2.28. The summed E-state index contributed by atoms with van der Waals surface area (Å²) in [5.41, 5.74) is 1.13. The van der Waals surface area contributed by atoms with E-state index in [-0.39, 0.29) is 12.7 Å². The molecule has 0 unspecified atom stereocenters. The maximum Gasteiger partial charge on any atom is 0.263 e. The van der Waals surface area contributed by atoms with Gasteiger partial charge in [-0.3, -0.25) is 4.79 Å². The number of amides is 1. The maximum absolute atomic E-state index is 12.9. The first-order valence-electron chi connectivity index (χ1n) is 10.1. The molecular formula is C23H27NO5. The normalized spacial score (nSPS) is 19.0. The Labute approximate surface area is 171 Å². The number of piperidine rings is 1. The number of carbonyl (C=O) groups excluding carboxylic acids is 1. The van der Waals surface area contributed by atoms with Crippen LogP contribution in [0.3, 0.4) is 0 Å². The van der Waals surface area contributed by atoms with Crippen LogP contribution in [0.25, 0.3) is 0 Å². The average molecular weight is 397 g/mol. The zero-order valence-electron chi connectivity index (χ0n) is 16.9. The van der Waals surface area contributed by atoms with Crippen LogP contribution in [-0.4, -0.2) is 43.4 Å². The van der Waals surface area contributed by atoms with Gasteiger partial charge in [-0.2, -0.15) is 0 Å². The van der Waals surface area contributed by atoms with Gasteiger partial charge in [0.05, 0.1) is 6.61 Å². The fraction of sp³-hybridized carbons (Fsp3) is 0.435. The standard InChI is InChI=1S/C23H27NO5/c1-16-6-3-4-8-20(16)26-14-18-7-5-11-24(13-18)23(25)17(2)29-19-9-10-21-22(12-19)28-15-27-21/h3-4,6,8-10,12,17-18H,5,7,11,13-15H2,1-2H3/t17-,18-/m1/s1. The fourth-order valence-electron chi connectivity index (χ4n) is 3.79. The predicted octanol–water partition coefficient (Wildman–Crippen LogP) is 3.81. The number of aryl methyl sites for hydroxylation is 1. The number of hydrogen-bond donors (Lipinski definition) is 0. The lowest BCUT2D eigenvalue weighted by Crippen LogP contribution is -2.46. The van der Waals surface area contributed by atoms with E-state index >= 15 is 0 Å². The highest BCUT2D eigenvalue weighted by atomic mass is 16.7. The summed E-state index contributed by atoms with van der Waals surface area (Å²) in [4.78, 5) is 14.8. The van der Waals surface area contributed by atoms with Gasteiger partial charge in [-0.05, 0) is 50.5 Å². The summed E-state index contributed by atoms with van der Waals surface area (Å²) >= 11 is 0. The molecule has 0 N–H and O–H groups in total. The van der Waals surface area contributed by atoms with E-state index in [1.807, 2.05) is 36.1 Å². The summed E-state index contributed by atoms with van der Waals surface area (Å²) in [6, 6.07) is 13.4. The Morgan fingerprint density at radius 2 is 2.03 bits per heavy atom. The Morgan fingerprint density at radius 1 is 1.21 bits per heavy atom. The summed E-state index contributed by atoms with van der Waals surface area (Å²) in [5, 5.41) is 0. The molecule has 2 aliphatic heterocycles. The Hall–Kier alpha value is -2.89. The van der Waals surface area contributed by atoms with Gasteiger partial charge in [0.1, 0.15) is 11.5 Å². The number of para-hydroxylation sites is 1. The number of carbonyl (C=O) groups is 1. The summed E-state index contributed by atoms with van der Waals surface area (Å²) < 4.78 is 22.6. The maximum atomic E-state index is 12.9. The van der Waals surface area contributed by atoms with Gasteiger partial charge in [-0.25, -0.2) is 0 Å². The second-order valence-electron chi connectivity index (χ2n) is 7.64. The van der Waals surface area contributed by atoms with Crippen LogP contribution in [0.5, 0.6) is 23.0 Å². The smallest absolute Gasteiger partial charge is 0.263 e. The van der Waals surface area contributed by atoms with E-state index in [1.165, 1.54) is 0 Å². The van der Waals surface area contributed by atoms with Gasteiger partial charge < -0.3 is 23.8 Å². The highest BCUT2D eigenvalue weighted by molar-refractivity contribution is 5.81. The molecule has 1 saturated heterocycles. The van der Waals surface area contributed by atoms with Gasteiger partial charge in [0.2, 0.25) is 6.79 Å². The molecule has 0 aliphatic carbocycles. The van der Waals surface area contributed by atoms with Gasteiger partial charge in [0, 0.05) is 25.1 Å². The van der Waals surface area contributed by atoms with Crippen molar-refractivity contribution in [3.05, 3.63) is 48.0 Å². The molecule has 2 aromatic rings. The van der Waals surface area contributed by atoms with Crippen LogP contribution in [0.1, 0.15) is 25.3 Å². The van der Waals surface area contributed by atoms with Gasteiger partial charge in [-0.15, -0.1) is 0 Å². The largest absolute Gasteiger partial charge is 0.493 e. The second kappa shape index (κ2) is 8.64. The van der Waals surface area contributed by atoms with E-state index in [1.54, 1.807) is 25.1 Å². The SMILES string of the molecule is Cc1ccccc1OC[C@@H]1CCCN(C(=O)[C@@H](C)Oc2ccc3c(c2)OCO3)C1. The molecule has 0 bridgehead atoms. The Balaban J connectivity index is 1.31. The second-order valence-corrected chi connectivity index (χ2v) is 7.64. The van der Waals surface area contributed by atoms with Crippen LogP contribution >= 0.6 is 0 Å². The summed E-state index contributed by atoms with van der Waals surface area (Å²) in [5.74, 6) is 3.19. The van der Waals surface area contributed by atoms with E-state index in [9.17, 15) is 4.79 Å². The molecule has 2 atom stereocenters. The van der Waals surface area contributed by atoms with Crippen molar-refractivity contribution in [2.45, 2.75) is 32.8 Å². The lowest BCUT2D eigenvalue weighted by Gasteiger charge is -2.34. The molecule has 2 aromatic carbocycles. The first-order valence-corrected chi connectivity index (χ1v) is 10.1. The van der Waals surface area contributed by atoms with Crippen LogP contribution in [0.4, 0.5) is 0 Å². The van der Waals surface area contributed by atoms with Crippen LogP contribution in [0, 0.1) is 12.8 Å². The van der Waals surface area contributed by atoms with Crippen molar-refractivity contribution in [1.82, 2.24) is 4.90 Å². The zero-order chi connectivity index (χ0) is 20.2. The molecule has 0 spiro atoms. The molecule has 29 heavy (non-hydrogen) atoms. The van der Waals surface area contributed by atoms with E-state index < -0.39 is 6.10 Å². The summed E-state index contributed by atoms with van der Waals surface area (Å²) in [6.07, 6.45) is 1.48. The lowest BCUT2D eigenvalue weighted by atomic mass is 9.98. The number of ether oxygens (including phenoxy) is 4. The van der Waals surface area contributed by atoms with Crippen molar-refractivity contribution in [2.75, 3.05) is 26.5 Å². The highest BCUT2D eigenvalue weighted by Crippen LogP contribution is 2.35. The molecule has 0 radical (unpaired) electrons. The van der Waals surface area contributed by atoms with E-state index in [4.69, 9.17) is 18.9 Å². The van der Waals surface area contributed by atoms with Crippen molar-refractivity contribution in [2.24, 2.45) is 5.92 Å². The number of benzene rings is 2. The monoisotopic (exact) mass is 397 g/mol. The van der Waals surface area contributed by atoms with Crippen molar-refractivity contribution in [3.8, 4) is 23.0 Å². The lowest BCUT2D eigenvalue weighted by molar-refractivity contribution is -0.140. The molecule has 0 aromatic heterocycles. The predicted molar refractivity (Wildman–Crippen MR) is 109 cm³/mol. The summed E-state index contributed by atoms with van der Waals surface area (Å²) in [6.45, 7) is 6.12. The van der Waals surface area contributed by atoms with Crippen molar-refractivity contribution < 1.29 is 23.7 Å². The van der Waals surface area contributed by atoms with Crippen LogP contribution in [0.2, 0.25) is 0 Å². The Morgan fingerprint density at radius 3 is 2.90 bits per heavy atom. The minimum Gasteiger partial charge on any atom is -0.493 e. The average Bonchev–Trinajstić information content (AvgIpc) is 3.20. The van der Waals surface area contributed by atoms with E-state index in [0.717, 1.165) is 30.7 Å². The third-order valence-corrected chi connectivity index (χ3v) is 5.40. The Bertz CT molecular complexity index is 868. The molecule has 2 heterocycles. The molecule has 1 fully saturated rings. The topological polar surface area (TPSA) is 57.2 Å². The van der Waals surface area contributed by atoms with Crippen LogP contribution < -0.4 is 18.9 Å². The quantitative estimate of drug-likeness (QED) is 0.742. The van der Waals surface area contributed by atoms with Crippen LogP contribution in [0.15, 0.2) is 42.5 Å². The third-order valence-electron chi connectivity index (χ3n) is 5.40. The minimum absolute atomic E-state index is 0.00302. The fourth-order valence-corrected chi connectivity index (χ4v) is 3.79. The van der Waals surface area contributed by atoms with Crippen molar-refractivity contribution >= 4 is 5.91 Å². The molecular weight excluding hydrogens is 370 g/mol. The molecule has 4 rings (SSSR count). The Kier molecular flexibility index (Phi) is 5.79. The minimum atomic E-state index is -0.564. The van der Waals surface area contributed by atoms with Gasteiger partial charge >= 0.3 is 0 Å². The zero-order valence-corrected chi connectivity index (χ0v) is 16.9. The molecule has 0 saturated carbocycles. The number of nitrogens with zero attached hydrogens (tertiary/aromatic N) is 1. The molecule has 6 nitrogen and oxygen atoms in total. The third kappa shape index (κ3) is 4.58. The van der Waals surface area contributed by atoms with E-state index in [0.29, 0.717) is 36.3 Å².